The van der Waals surface area contributed by atoms with Crippen molar-refractivity contribution in [3.05, 3.63) is 35.6 Å². The van der Waals surface area contributed by atoms with Crippen molar-refractivity contribution in [2.75, 3.05) is 19.6 Å². The SMILES string of the molecule is CC(C)CN(CCC(N)c1ccc(F)cc1)CC(C)C. The molecule has 20 heavy (non-hydrogen) atoms. The predicted molar refractivity (Wildman–Crippen MR) is 84.1 cm³/mol. The van der Waals surface area contributed by atoms with Gasteiger partial charge in [0.2, 0.25) is 0 Å². The van der Waals surface area contributed by atoms with Crippen LogP contribution in [0.1, 0.15) is 45.7 Å². The van der Waals surface area contributed by atoms with Gasteiger partial charge in [0.1, 0.15) is 5.82 Å². The molecule has 1 atom stereocenters. The average Bonchev–Trinajstić information content (AvgIpc) is 2.35. The lowest BCUT2D eigenvalue weighted by Gasteiger charge is -2.27. The third-order valence-electron chi connectivity index (χ3n) is 3.30. The summed E-state index contributed by atoms with van der Waals surface area (Å²) in [7, 11) is 0. The maximum Gasteiger partial charge on any atom is 0.123 e. The molecule has 0 aromatic heterocycles. The van der Waals surface area contributed by atoms with Gasteiger partial charge in [-0.05, 0) is 42.5 Å². The van der Waals surface area contributed by atoms with Crippen molar-refractivity contribution in [2.45, 2.75) is 40.2 Å². The Hall–Kier alpha value is -0.930. The van der Waals surface area contributed by atoms with E-state index in [-0.39, 0.29) is 11.9 Å². The lowest BCUT2D eigenvalue weighted by Crippen LogP contribution is -2.33. The highest BCUT2D eigenvalue weighted by Gasteiger charge is 2.12. The van der Waals surface area contributed by atoms with Crippen molar-refractivity contribution < 1.29 is 4.39 Å². The number of benzene rings is 1. The number of hydrogen-bond donors (Lipinski definition) is 1. The molecule has 1 unspecified atom stereocenters. The maximum absolute atomic E-state index is 12.9. The molecule has 114 valence electrons. The normalized spacial score (nSPS) is 13.4. The molecule has 0 saturated carbocycles. The molecular formula is C17H29FN2. The molecule has 3 heteroatoms. The number of hydrogen-bond acceptors (Lipinski definition) is 2. The van der Waals surface area contributed by atoms with Crippen LogP contribution in [-0.2, 0) is 0 Å². The van der Waals surface area contributed by atoms with Crippen LogP contribution >= 0.6 is 0 Å². The zero-order valence-corrected chi connectivity index (χ0v) is 13.3. The molecule has 0 spiro atoms. The topological polar surface area (TPSA) is 29.3 Å². The Morgan fingerprint density at radius 1 is 1.00 bits per heavy atom. The van der Waals surface area contributed by atoms with Gasteiger partial charge in [0, 0.05) is 19.1 Å². The van der Waals surface area contributed by atoms with Crippen LogP contribution in [0.25, 0.3) is 0 Å². The Labute approximate surface area is 123 Å². The van der Waals surface area contributed by atoms with Crippen LogP contribution in [0.5, 0.6) is 0 Å². The molecule has 0 radical (unpaired) electrons. The zero-order valence-electron chi connectivity index (χ0n) is 13.3. The summed E-state index contributed by atoms with van der Waals surface area (Å²) in [6.07, 6.45) is 0.908. The minimum atomic E-state index is -0.206. The van der Waals surface area contributed by atoms with E-state index in [1.54, 1.807) is 12.1 Å². The van der Waals surface area contributed by atoms with Crippen LogP contribution in [-0.4, -0.2) is 24.5 Å². The van der Waals surface area contributed by atoms with Gasteiger partial charge in [-0.3, -0.25) is 0 Å². The summed E-state index contributed by atoms with van der Waals surface area (Å²) < 4.78 is 12.9. The standard InChI is InChI=1S/C17H29FN2/c1-13(2)11-20(12-14(3)4)10-9-17(19)15-5-7-16(18)8-6-15/h5-8,13-14,17H,9-12,19H2,1-4H3. The molecular weight excluding hydrogens is 251 g/mol. The first-order chi connectivity index (χ1) is 9.38. The molecule has 1 rings (SSSR count). The highest BCUT2D eigenvalue weighted by molar-refractivity contribution is 5.19. The second kappa shape index (κ2) is 8.38. The fraction of sp³-hybridized carbons (Fsp3) is 0.647. The molecule has 0 amide bonds. The molecule has 2 N–H and O–H groups in total. The van der Waals surface area contributed by atoms with Gasteiger partial charge in [0.25, 0.3) is 0 Å². The number of rotatable bonds is 8. The maximum atomic E-state index is 12.9. The summed E-state index contributed by atoms with van der Waals surface area (Å²) in [5.41, 5.74) is 7.22. The van der Waals surface area contributed by atoms with Crippen LogP contribution in [0.3, 0.4) is 0 Å². The minimum absolute atomic E-state index is 0.0163. The van der Waals surface area contributed by atoms with Gasteiger partial charge in [-0.1, -0.05) is 39.8 Å². The van der Waals surface area contributed by atoms with Crippen molar-refractivity contribution in [2.24, 2.45) is 17.6 Å². The van der Waals surface area contributed by atoms with Crippen molar-refractivity contribution in [1.29, 1.82) is 0 Å². The predicted octanol–water partition coefficient (Wildman–Crippen LogP) is 3.83. The van der Waals surface area contributed by atoms with Gasteiger partial charge >= 0.3 is 0 Å². The summed E-state index contributed by atoms with van der Waals surface area (Å²) in [6.45, 7) is 12.2. The molecule has 0 saturated heterocycles. The van der Waals surface area contributed by atoms with E-state index in [0.717, 1.165) is 31.6 Å². The van der Waals surface area contributed by atoms with Crippen molar-refractivity contribution >= 4 is 0 Å². The van der Waals surface area contributed by atoms with E-state index in [0.29, 0.717) is 11.8 Å². The third kappa shape index (κ3) is 6.49. The fourth-order valence-corrected chi connectivity index (χ4v) is 2.49. The molecule has 0 fully saturated rings. The second-order valence-corrected chi connectivity index (χ2v) is 6.49. The van der Waals surface area contributed by atoms with E-state index in [4.69, 9.17) is 5.73 Å². The quantitative estimate of drug-likeness (QED) is 0.784. The largest absolute Gasteiger partial charge is 0.324 e. The molecule has 0 heterocycles. The zero-order chi connectivity index (χ0) is 15.1. The molecule has 0 aliphatic carbocycles. The number of nitrogens with two attached hydrogens (primary N) is 1. The molecule has 0 bridgehead atoms. The monoisotopic (exact) mass is 280 g/mol. The Bertz CT molecular complexity index is 363. The first kappa shape index (κ1) is 17.1. The first-order valence-electron chi connectivity index (χ1n) is 7.62. The Balaban J connectivity index is 2.50. The van der Waals surface area contributed by atoms with Gasteiger partial charge in [0.05, 0.1) is 0 Å². The lowest BCUT2D eigenvalue weighted by molar-refractivity contribution is 0.212. The Morgan fingerprint density at radius 2 is 1.50 bits per heavy atom. The van der Waals surface area contributed by atoms with E-state index >= 15 is 0 Å². The number of nitrogens with zero attached hydrogens (tertiary/aromatic N) is 1. The van der Waals surface area contributed by atoms with Crippen LogP contribution in [0.15, 0.2) is 24.3 Å². The Kier molecular flexibility index (Phi) is 7.17. The third-order valence-corrected chi connectivity index (χ3v) is 3.30. The van der Waals surface area contributed by atoms with E-state index in [2.05, 4.69) is 32.6 Å². The molecule has 1 aromatic carbocycles. The van der Waals surface area contributed by atoms with E-state index in [1.165, 1.54) is 12.1 Å². The minimum Gasteiger partial charge on any atom is -0.324 e. The van der Waals surface area contributed by atoms with Crippen LogP contribution in [0.2, 0.25) is 0 Å². The van der Waals surface area contributed by atoms with Crippen molar-refractivity contribution in [1.82, 2.24) is 4.90 Å². The van der Waals surface area contributed by atoms with Crippen LogP contribution < -0.4 is 5.73 Å². The molecule has 0 aliphatic heterocycles. The Morgan fingerprint density at radius 3 is 1.95 bits per heavy atom. The summed E-state index contributed by atoms with van der Waals surface area (Å²) in [5, 5.41) is 0. The highest BCUT2D eigenvalue weighted by atomic mass is 19.1. The summed E-state index contributed by atoms with van der Waals surface area (Å²) in [4.78, 5) is 2.48. The summed E-state index contributed by atoms with van der Waals surface area (Å²) >= 11 is 0. The van der Waals surface area contributed by atoms with Crippen molar-refractivity contribution in [3.8, 4) is 0 Å². The highest BCUT2D eigenvalue weighted by Crippen LogP contribution is 2.16. The first-order valence-corrected chi connectivity index (χ1v) is 7.62. The van der Waals surface area contributed by atoms with Crippen molar-refractivity contribution in [3.63, 3.8) is 0 Å². The van der Waals surface area contributed by atoms with Gasteiger partial charge in [-0.25, -0.2) is 4.39 Å². The van der Waals surface area contributed by atoms with Gasteiger partial charge < -0.3 is 10.6 Å². The van der Waals surface area contributed by atoms with Gasteiger partial charge in [-0.2, -0.15) is 0 Å². The van der Waals surface area contributed by atoms with Crippen LogP contribution in [0, 0.1) is 17.7 Å². The van der Waals surface area contributed by atoms with Gasteiger partial charge in [-0.15, -0.1) is 0 Å². The lowest BCUT2D eigenvalue weighted by atomic mass is 10.0. The van der Waals surface area contributed by atoms with E-state index in [1.807, 2.05) is 0 Å². The molecule has 1 aromatic rings. The summed E-state index contributed by atoms with van der Waals surface area (Å²) in [5.74, 6) is 1.12. The van der Waals surface area contributed by atoms with E-state index in [9.17, 15) is 4.39 Å². The molecule has 2 nitrogen and oxygen atoms in total. The molecule has 0 aliphatic rings. The second-order valence-electron chi connectivity index (χ2n) is 6.49. The number of halogens is 1. The van der Waals surface area contributed by atoms with E-state index < -0.39 is 0 Å². The smallest absolute Gasteiger partial charge is 0.123 e. The average molecular weight is 280 g/mol. The summed E-state index contributed by atoms with van der Waals surface area (Å²) in [6, 6.07) is 6.52. The van der Waals surface area contributed by atoms with Gasteiger partial charge in [0.15, 0.2) is 0 Å². The fourth-order valence-electron chi connectivity index (χ4n) is 2.49. The van der Waals surface area contributed by atoms with Crippen LogP contribution in [0.4, 0.5) is 4.39 Å².